The van der Waals surface area contributed by atoms with Crippen LogP contribution in [0, 0.1) is 0 Å². The SMILES string of the molecule is COCCN(Cc1ccccc1)C(=O)Oc1ccccc1. The number of para-hydroxylation sites is 1. The lowest BCUT2D eigenvalue weighted by Crippen LogP contribution is -2.35. The standard InChI is InChI=1S/C17H19NO3/c1-20-13-12-18(14-15-8-4-2-5-9-15)17(19)21-16-10-6-3-7-11-16/h2-11H,12-14H2,1H3. The Morgan fingerprint density at radius 2 is 1.62 bits per heavy atom. The van der Waals surface area contributed by atoms with E-state index in [0.717, 1.165) is 5.56 Å². The normalized spacial score (nSPS) is 10.1. The van der Waals surface area contributed by atoms with Crippen LogP contribution in [0.15, 0.2) is 60.7 Å². The molecule has 1 amide bonds. The molecule has 0 aliphatic carbocycles. The zero-order valence-electron chi connectivity index (χ0n) is 12.1. The number of ether oxygens (including phenoxy) is 2. The summed E-state index contributed by atoms with van der Waals surface area (Å²) in [4.78, 5) is 13.9. The molecule has 0 bridgehead atoms. The first-order valence-corrected chi connectivity index (χ1v) is 6.84. The average Bonchev–Trinajstić information content (AvgIpc) is 2.53. The molecule has 0 saturated carbocycles. The number of methoxy groups -OCH3 is 1. The summed E-state index contributed by atoms with van der Waals surface area (Å²) in [7, 11) is 1.61. The number of benzene rings is 2. The van der Waals surface area contributed by atoms with Crippen LogP contribution in [0.3, 0.4) is 0 Å². The van der Waals surface area contributed by atoms with Crippen LogP contribution in [-0.4, -0.2) is 31.3 Å². The van der Waals surface area contributed by atoms with Gasteiger partial charge in [-0.3, -0.25) is 0 Å². The van der Waals surface area contributed by atoms with Crippen LogP contribution in [0.2, 0.25) is 0 Å². The molecule has 0 heterocycles. The molecule has 0 atom stereocenters. The summed E-state index contributed by atoms with van der Waals surface area (Å²) >= 11 is 0. The van der Waals surface area contributed by atoms with Crippen molar-refractivity contribution in [2.45, 2.75) is 6.54 Å². The lowest BCUT2D eigenvalue weighted by molar-refractivity contribution is 0.120. The van der Waals surface area contributed by atoms with E-state index in [1.807, 2.05) is 48.5 Å². The average molecular weight is 285 g/mol. The van der Waals surface area contributed by atoms with Gasteiger partial charge in [0, 0.05) is 20.2 Å². The molecule has 0 N–H and O–H groups in total. The van der Waals surface area contributed by atoms with Gasteiger partial charge in [0.1, 0.15) is 5.75 Å². The van der Waals surface area contributed by atoms with Gasteiger partial charge in [-0.1, -0.05) is 48.5 Å². The largest absolute Gasteiger partial charge is 0.415 e. The smallest absolute Gasteiger partial charge is 0.410 e. The molecule has 4 nitrogen and oxygen atoms in total. The second-order valence-corrected chi connectivity index (χ2v) is 4.58. The Hall–Kier alpha value is -2.33. The van der Waals surface area contributed by atoms with Crippen molar-refractivity contribution in [1.82, 2.24) is 4.90 Å². The van der Waals surface area contributed by atoms with Gasteiger partial charge in [-0.2, -0.15) is 0 Å². The van der Waals surface area contributed by atoms with Crippen LogP contribution >= 0.6 is 0 Å². The summed E-state index contributed by atoms with van der Waals surface area (Å²) < 4.78 is 10.4. The van der Waals surface area contributed by atoms with E-state index in [2.05, 4.69) is 0 Å². The van der Waals surface area contributed by atoms with Crippen LogP contribution in [0.1, 0.15) is 5.56 Å². The van der Waals surface area contributed by atoms with Crippen LogP contribution < -0.4 is 4.74 Å². The molecule has 0 spiro atoms. The van der Waals surface area contributed by atoms with Gasteiger partial charge in [-0.15, -0.1) is 0 Å². The zero-order chi connectivity index (χ0) is 14.9. The van der Waals surface area contributed by atoms with E-state index >= 15 is 0 Å². The highest BCUT2D eigenvalue weighted by Crippen LogP contribution is 2.12. The lowest BCUT2D eigenvalue weighted by Gasteiger charge is -2.21. The number of amides is 1. The van der Waals surface area contributed by atoms with Crippen molar-refractivity contribution in [2.75, 3.05) is 20.3 Å². The Morgan fingerprint density at radius 3 is 2.24 bits per heavy atom. The second-order valence-electron chi connectivity index (χ2n) is 4.58. The molecule has 2 rings (SSSR count). The number of hydrogen-bond donors (Lipinski definition) is 0. The first kappa shape index (κ1) is 15.1. The van der Waals surface area contributed by atoms with Crippen molar-refractivity contribution in [3.05, 3.63) is 66.2 Å². The van der Waals surface area contributed by atoms with Gasteiger partial charge in [0.05, 0.1) is 6.61 Å². The highest BCUT2D eigenvalue weighted by molar-refractivity contribution is 5.70. The summed E-state index contributed by atoms with van der Waals surface area (Å²) in [6.45, 7) is 1.45. The fraction of sp³-hybridized carbons (Fsp3) is 0.235. The molecule has 0 unspecified atom stereocenters. The molecular formula is C17H19NO3. The summed E-state index contributed by atoms with van der Waals surface area (Å²) in [6, 6.07) is 18.9. The minimum Gasteiger partial charge on any atom is -0.410 e. The van der Waals surface area contributed by atoms with Gasteiger partial charge in [-0.25, -0.2) is 4.79 Å². The van der Waals surface area contributed by atoms with E-state index in [1.54, 1.807) is 24.1 Å². The molecule has 110 valence electrons. The van der Waals surface area contributed by atoms with E-state index in [1.165, 1.54) is 0 Å². The second kappa shape index (κ2) is 8.07. The van der Waals surface area contributed by atoms with Gasteiger partial charge < -0.3 is 14.4 Å². The highest BCUT2D eigenvalue weighted by Gasteiger charge is 2.16. The molecule has 2 aromatic rings. The number of hydrogen-bond acceptors (Lipinski definition) is 3. The molecule has 0 saturated heterocycles. The molecule has 0 aromatic heterocycles. The molecule has 0 aliphatic rings. The summed E-state index contributed by atoms with van der Waals surface area (Å²) in [5.74, 6) is 0.540. The van der Waals surface area contributed by atoms with Crippen LogP contribution in [0.5, 0.6) is 5.75 Å². The minimum absolute atomic E-state index is 0.373. The molecule has 0 fully saturated rings. The maximum atomic E-state index is 12.3. The van der Waals surface area contributed by atoms with Gasteiger partial charge >= 0.3 is 6.09 Å². The maximum Gasteiger partial charge on any atom is 0.415 e. The van der Waals surface area contributed by atoms with Crippen molar-refractivity contribution in [1.29, 1.82) is 0 Å². The van der Waals surface area contributed by atoms with Crippen molar-refractivity contribution in [3.8, 4) is 5.75 Å². The van der Waals surface area contributed by atoms with Gasteiger partial charge in [0.15, 0.2) is 0 Å². The van der Waals surface area contributed by atoms with Gasteiger partial charge in [0.2, 0.25) is 0 Å². The number of rotatable bonds is 6. The fourth-order valence-corrected chi connectivity index (χ4v) is 1.89. The highest BCUT2D eigenvalue weighted by atomic mass is 16.6. The van der Waals surface area contributed by atoms with E-state index < -0.39 is 0 Å². The van der Waals surface area contributed by atoms with E-state index in [9.17, 15) is 4.79 Å². The molecule has 21 heavy (non-hydrogen) atoms. The Balaban J connectivity index is 2.02. The molecule has 2 aromatic carbocycles. The van der Waals surface area contributed by atoms with E-state index in [0.29, 0.717) is 25.4 Å². The number of carbonyl (C=O) groups excluding carboxylic acids is 1. The predicted molar refractivity (Wildman–Crippen MR) is 81.2 cm³/mol. The Morgan fingerprint density at radius 1 is 1.00 bits per heavy atom. The predicted octanol–water partition coefficient (Wildman–Crippen LogP) is 3.33. The topological polar surface area (TPSA) is 38.8 Å². The molecule has 0 aliphatic heterocycles. The third kappa shape index (κ3) is 4.93. The Bertz CT molecular complexity index is 542. The number of carbonyl (C=O) groups is 1. The van der Waals surface area contributed by atoms with Gasteiger partial charge in [0.25, 0.3) is 0 Å². The van der Waals surface area contributed by atoms with Crippen molar-refractivity contribution >= 4 is 6.09 Å². The van der Waals surface area contributed by atoms with Crippen LogP contribution in [0.4, 0.5) is 4.79 Å². The monoisotopic (exact) mass is 285 g/mol. The molecule has 4 heteroatoms. The Kier molecular flexibility index (Phi) is 5.79. The van der Waals surface area contributed by atoms with Crippen LogP contribution in [-0.2, 0) is 11.3 Å². The maximum absolute atomic E-state index is 12.3. The lowest BCUT2D eigenvalue weighted by atomic mass is 10.2. The van der Waals surface area contributed by atoms with Crippen molar-refractivity contribution in [3.63, 3.8) is 0 Å². The Labute approximate surface area is 124 Å². The summed E-state index contributed by atoms with van der Waals surface area (Å²) in [5, 5.41) is 0. The van der Waals surface area contributed by atoms with Crippen LogP contribution in [0.25, 0.3) is 0 Å². The molecular weight excluding hydrogens is 266 g/mol. The zero-order valence-corrected chi connectivity index (χ0v) is 12.1. The van der Waals surface area contributed by atoms with Crippen molar-refractivity contribution < 1.29 is 14.3 Å². The third-order valence-corrected chi connectivity index (χ3v) is 2.99. The molecule has 0 radical (unpaired) electrons. The fourth-order valence-electron chi connectivity index (χ4n) is 1.89. The minimum atomic E-state index is -0.373. The quantitative estimate of drug-likeness (QED) is 0.817. The van der Waals surface area contributed by atoms with E-state index in [-0.39, 0.29) is 6.09 Å². The third-order valence-electron chi connectivity index (χ3n) is 2.99. The first-order valence-electron chi connectivity index (χ1n) is 6.84. The first-order chi connectivity index (χ1) is 10.3. The summed E-state index contributed by atoms with van der Waals surface area (Å²) in [5.41, 5.74) is 1.05. The van der Waals surface area contributed by atoms with Gasteiger partial charge in [-0.05, 0) is 17.7 Å². The number of nitrogens with zero attached hydrogens (tertiary/aromatic N) is 1. The summed E-state index contributed by atoms with van der Waals surface area (Å²) in [6.07, 6.45) is -0.373. The van der Waals surface area contributed by atoms with E-state index in [4.69, 9.17) is 9.47 Å². The van der Waals surface area contributed by atoms with Crippen molar-refractivity contribution in [2.24, 2.45) is 0 Å².